The number of rotatable bonds is 5. The van der Waals surface area contributed by atoms with E-state index in [0.717, 1.165) is 51.9 Å². The fraction of sp³-hybridized carbons (Fsp3) is 0.833. The summed E-state index contributed by atoms with van der Waals surface area (Å²) in [6, 6.07) is 0.373. The van der Waals surface area contributed by atoms with E-state index in [0.29, 0.717) is 23.7 Å². The van der Waals surface area contributed by atoms with Gasteiger partial charge in [-0.25, -0.2) is 0 Å². The van der Waals surface area contributed by atoms with Gasteiger partial charge in [0.1, 0.15) is 6.61 Å². The van der Waals surface area contributed by atoms with Crippen LogP contribution in [0.5, 0.6) is 0 Å². The number of carbonyl (C=O) groups is 1. The zero-order valence-corrected chi connectivity index (χ0v) is 15.4. The summed E-state index contributed by atoms with van der Waals surface area (Å²) in [6.45, 7) is 5.70. The maximum absolute atomic E-state index is 12.5. The number of carbonyl (C=O) groups excluding carboxylic acids is 1. The van der Waals surface area contributed by atoms with Crippen molar-refractivity contribution in [2.45, 2.75) is 58.0 Å². The van der Waals surface area contributed by atoms with Crippen LogP contribution in [0, 0.1) is 12.8 Å². The molecule has 2 aliphatic heterocycles. The molecule has 3 heterocycles. The van der Waals surface area contributed by atoms with Crippen LogP contribution in [0.1, 0.15) is 50.2 Å². The van der Waals surface area contributed by atoms with E-state index in [4.69, 9.17) is 9.26 Å². The highest BCUT2D eigenvalue weighted by atomic mass is 16.5. The van der Waals surface area contributed by atoms with E-state index < -0.39 is 0 Å². The molecule has 0 bridgehead atoms. The summed E-state index contributed by atoms with van der Waals surface area (Å²) in [5, 5.41) is 3.86. The van der Waals surface area contributed by atoms with E-state index in [1.165, 1.54) is 12.8 Å². The Morgan fingerprint density at radius 3 is 2.68 bits per heavy atom. The lowest BCUT2D eigenvalue weighted by atomic mass is 9.86. The van der Waals surface area contributed by atoms with E-state index in [1.807, 2.05) is 6.92 Å². The Bertz CT molecular complexity index is 554. The maximum atomic E-state index is 12.5. The average molecular weight is 350 g/mol. The number of hydrogen-bond donors (Lipinski definition) is 0. The van der Waals surface area contributed by atoms with Gasteiger partial charge in [-0.3, -0.25) is 9.69 Å². The number of amides is 1. The van der Waals surface area contributed by atoms with Gasteiger partial charge < -0.3 is 14.2 Å². The molecule has 2 saturated heterocycles. The number of nitrogens with zero attached hydrogens (tertiary/aromatic N) is 4. The third-order valence-corrected chi connectivity index (χ3v) is 5.49. The first kappa shape index (κ1) is 18.3. The standard InChI is InChI=1S/C18H30N4O3/c1-14-19-17(25-20-14)12-21-10-7-15(8-11-21)16-6-4-3-5-9-22(16)18(23)13-24-2/h15-16H,3-13H2,1-2H3. The summed E-state index contributed by atoms with van der Waals surface area (Å²) in [6.07, 6.45) is 6.93. The molecule has 2 fully saturated rings. The predicted molar refractivity (Wildman–Crippen MR) is 92.9 cm³/mol. The second kappa shape index (κ2) is 8.76. The number of methoxy groups -OCH3 is 1. The zero-order chi connectivity index (χ0) is 17.6. The van der Waals surface area contributed by atoms with Gasteiger partial charge in [0.05, 0.1) is 6.54 Å². The third-order valence-electron chi connectivity index (χ3n) is 5.49. The first-order valence-corrected chi connectivity index (χ1v) is 9.47. The van der Waals surface area contributed by atoms with Gasteiger partial charge in [0, 0.05) is 19.7 Å². The summed E-state index contributed by atoms with van der Waals surface area (Å²) in [4.78, 5) is 21.3. The van der Waals surface area contributed by atoms with Gasteiger partial charge >= 0.3 is 0 Å². The van der Waals surface area contributed by atoms with Crippen molar-refractivity contribution >= 4 is 5.91 Å². The first-order chi connectivity index (χ1) is 12.2. The Balaban J connectivity index is 1.56. The molecule has 1 amide bonds. The van der Waals surface area contributed by atoms with E-state index in [1.54, 1.807) is 7.11 Å². The molecule has 2 aliphatic rings. The highest BCUT2D eigenvalue weighted by molar-refractivity contribution is 5.77. The van der Waals surface area contributed by atoms with Crippen LogP contribution in [-0.2, 0) is 16.1 Å². The van der Waals surface area contributed by atoms with Crippen LogP contribution in [-0.4, -0.2) is 65.2 Å². The molecule has 0 radical (unpaired) electrons. The Labute approximate surface area is 149 Å². The molecule has 0 aliphatic carbocycles. The number of ether oxygens (including phenoxy) is 1. The third kappa shape index (κ3) is 4.79. The van der Waals surface area contributed by atoms with Crippen LogP contribution < -0.4 is 0 Å². The van der Waals surface area contributed by atoms with Crippen LogP contribution in [0.2, 0.25) is 0 Å². The van der Waals surface area contributed by atoms with E-state index >= 15 is 0 Å². The fourth-order valence-electron chi connectivity index (χ4n) is 4.23. The normalized spacial score (nSPS) is 23.6. The number of aromatic nitrogens is 2. The van der Waals surface area contributed by atoms with Crippen molar-refractivity contribution in [1.82, 2.24) is 19.9 Å². The summed E-state index contributed by atoms with van der Waals surface area (Å²) in [5.74, 6) is 2.12. The molecule has 1 atom stereocenters. The van der Waals surface area contributed by atoms with Crippen molar-refractivity contribution in [2.24, 2.45) is 5.92 Å². The monoisotopic (exact) mass is 350 g/mol. The lowest BCUT2D eigenvalue weighted by molar-refractivity contribution is -0.139. The molecule has 0 aromatic carbocycles. The number of likely N-dealkylation sites (tertiary alicyclic amines) is 2. The molecule has 0 saturated carbocycles. The van der Waals surface area contributed by atoms with Crippen molar-refractivity contribution in [3.05, 3.63) is 11.7 Å². The van der Waals surface area contributed by atoms with Crippen molar-refractivity contribution in [1.29, 1.82) is 0 Å². The molecule has 3 rings (SSSR count). The minimum Gasteiger partial charge on any atom is -0.375 e. The summed E-state index contributed by atoms with van der Waals surface area (Å²) in [7, 11) is 1.60. The Kier molecular flexibility index (Phi) is 6.42. The van der Waals surface area contributed by atoms with E-state index in [2.05, 4.69) is 19.9 Å². The van der Waals surface area contributed by atoms with Crippen LogP contribution in [0.15, 0.2) is 4.52 Å². The lowest BCUT2D eigenvalue weighted by Gasteiger charge is -2.40. The van der Waals surface area contributed by atoms with Gasteiger partial charge in [0.25, 0.3) is 0 Å². The van der Waals surface area contributed by atoms with Crippen LogP contribution in [0.3, 0.4) is 0 Å². The molecule has 140 valence electrons. The molecule has 7 heteroatoms. The molecule has 1 unspecified atom stereocenters. The summed E-state index contributed by atoms with van der Waals surface area (Å²) in [5.41, 5.74) is 0. The van der Waals surface area contributed by atoms with Crippen molar-refractivity contribution < 1.29 is 14.1 Å². The van der Waals surface area contributed by atoms with Crippen molar-refractivity contribution in [2.75, 3.05) is 33.4 Å². The summed E-state index contributed by atoms with van der Waals surface area (Å²) < 4.78 is 10.3. The van der Waals surface area contributed by atoms with Crippen molar-refractivity contribution in [3.63, 3.8) is 0 Å². The topological polar surface area (TPSA) is 71.7 Å². The van der Waals surface area contributed by atoms with Gasteiger partial charge in [-0.15, -0.1) is 0 Å². The number of aryl methyl sites for hydroxylation is 1. The molecule has 0 spiro atoms. The van der Waals surface area contributed by atoms with E-state index in [9.17, 15) is 4.79 Å². The maximum Gasteiger partial charge on any atom is 0.248 e. The quantitative estimate of drug-likeness (QED) is 0.809. The number of hydrogen-bond acceptors (Lipinski definition) is 6. The van der Waals surface area contributed by atoms with Gasteiger partial charge in [-0.2, -0.15) is 4.98 Å². The highest BCUT2D eigenvalue weighted by Crippen LogP contribution is 2.30. The molecule has 1 aromatic rings. The molecule has 0 N–H and O–H groups in total. The van der Waals surface area contributed by atoms with Crippen molar-refractivity contribution in [3.8, 4) is 0 Å². The van der Waals surface area contributed by atoms with Crippen LogP contribution >= 0.6 is 0 Å². The molecule has 25 heavy (non-hydrogen) atoms. The lowest BCUT2D eigenvalue weighted by Crippen LogP contribution is -2.48. The highest BCUT2D eigenvalue weighted by Gasteiger charge is 2.34. The SMILES string of the molecule is COCC(=O)N1CCCCCC1C1CCN(Cc2nc(C)no2)CC1. The first-order valence-electron chi connectivity index (χ1n) is 9.47. The molecular weight excluding hydrogens is 320 g/mol. The van der Waals surface area contributed by atoms with Crippen LogP contribution in [0.4, 0.5) is 0 Å². The fourth-order valence-corrected chi connectivity index (χ4v) is 4.23. The Hall–Kier alpha value is -1.47. The number of piperidine rings is 1. The second-order valence-electron chi connectivity index (χ2n) is 7.29. The summed E-state index contributed by atoms with van der Waals surface area (Å²) >= 11 is 0. The molecular formula is C18H30N4O3. The van der Waals surface area contributed by atoms with Gasteiger partial charge in [0.15, 0.2) is 5.82 Å². The molecule has 7 nitrogen and oxygen atoms in total. The second-order valence-corrected chi connectivity index (χ2v) is 7.29. The predicted octanol–water partition coefficient (Wildman–Crippen LogP) is 2.01. The van der Waals surface area contributed by atoms with Gasteiger partial charge in [0.2, 0.25) is 11.8 Å². The molecule has 1 aromatic heterocycles. The Morgan fingerprint density at radius 1 is 1.20 bits per heavy atom. The average Bonchev–Trinajstić information content (AvgIpc) is 2.87. The van der Waals surface area contributed by atoms with Crippen LogP contribution in [0.25, 0.3) is 0 Å². The Morgan fingerprint density at radius 2 is 2.00 bits per heavy atom. The van der Waals surface area contributed by atoms with Gasteiger partial charge in [-0.1, -0.05) is 18.0 Å². The zero-order valence-electron chi connectivity index (χ0n) is 15.4. The minimum absolute atomic E-state index is 0.151. The van der Waals surface area contributed by atoms with E-state index in [-0.39, 0.29) is 12.5 Å². The largest absolute Gasteiger partial charge is 0.375 e. The minimum atomic E-state index is 0.151. The van der Waals surface area contributed by atoms with Gasteiger partial charge in [-0.05, 0) is 51.6 Å². The smallest absolute Gasteiger partial charge is 0.248 e.